The number of thiocarbonyl (C=S) groups is 1. The van der Waals surface area contributed by atoms with E-state index in [2.05, 4.69) is 0 Å². The molecule has 1 heterocycles. The fourth-order valence-corrected chi connectivity index (χ4v) is 3.80. The number of rotatable bonds is 3. The molecule has 4 nitrogen and oxygen atoms in total. The number of aromatic hydroxyl groups is 1. The molecular weight excluding hydrogens is 354 g/mol. The first kappa shape index (κ1) is 17.5. The zero-order valence-corrected chi connectivity index (χ0v) is 15.7. The quantitative estimate of drug-likeness (QED) is 0.639. The van der Waals surface area contributed by atoms with Crippen LogP contribution >= 0.6 is 24.0 Å². The Balaban J connectivity index is 1.92. The van der Waals surface area contributed by atoms with Gasteiger partial charge in [-0.15, -0.1) is 0 Å². The van der Waals surface area contributed by atoms with Gasteiger partial charge in [0.1, 0.15) is 0 Å². The highest BCUT2D eigenvalue weighted by atomic mass is 32.2. The van der Waals surface area contributed by atoms with E-state index in [0.29, 0.717) is 20.5 Å². The average molecular weight is 371 g/mol. The fraction of sp³-hybridized carbons (Fsp3) is 0.158. The Bertz CT molecular complexity index is 906. The molecule has 0 saturated carbocycles. The van der Waals surface area contributed by atoms with Crippen molar-refractivity contribution >= 4 is 46.0 Å². The molecule has 1 saturated heterocycles. The van der Waals surface area contributed by atoms with Crippen molar-refractivity contribution in [2.45, 2.75) is 13.8 Å². The van der Waals surface area contributed by atoms with Gasteiger partial charge in [0.05, 0.1) is 17.7 Å². The number of benzene rings is 2. The molecular formula is C19H17NO3S2. The minimum Gasteiger partial charge on any atom is -0.504 e. The second-order valence-corrected chi connectivity index (χ2v) is 7.39. The summed E-state index contributed by atoms with van der Waals surface area (Å²) in [5.74, 6) is 0.259. The first-order valence-corrected chi connectivity index (χ1v) is 8.85. The molecule has 1 N–H and O–H groups in total. The molecule has 1 aliphatic rings. The van der Waals surface area contributed by atoms with Gasteiger partial charge in [-0.25, -0.2) is 0 Å². The number of anilines is 1. The summed E-state index contributed by atoms with van der Waals surface area (Å²) < 4.78 is 5.53. The lowest BCUT2D eigenvalue weighted by molar-refractivity contribution is -0.113. The van der Waals surface area contributed by atoms with Crippen molar-refractivity contribution in [3.8, 4) is 11.5 Å². The van der Waals surface area contributed by atoms with E-state index >= 15 is 0 Å². The van der Waals surface area contributed by atoms with Gasteiger partial charge >= 0.3 is 0 Å². The molecule has 25 heavy (non-hydrogen) atoms. The molecule has 0 aliphatic carbocycles. The Kier molecular flexibility index (Phi) is 4.83. The lowest BCUT2D eigenvalue weighted by Crippen LogP contribution is -2.27. The maximum Gasteiger partial charge on any atom is 0.270 e. The number of phenols is 1. The van der Waals surface area contributed by atoms with Gasteiger partial charge in [-0.2, -0.15) is 0 Å². The van der Waals surface area contributed by atoms with Gasteiger partial charge in [0.25, 0.3) is 5.91 Å². The molecule has 2 aromatic rings. The summed E-state index contributed by atoms with van der Waals surface area (Å²) in [5, 5.41) is 9.89. The van der Waals surface area contributed by atoms with E-state index in [1.54, 1.807) is 29.2 Å². The third kappa shape index (κ3) is 3.41. The van der Waals surface area contributed by atoms with Crippen LogP contribution in [0, 0.1) is 13.8 Å². The Morgan fingerprint density at radius 1 is 1.16 bits per heavy atom. The summed E-state index contributed by atoms with van der Waals surface area (Å²) in [7, 11) is 1.49. The second kappa shape index (κ2) is 6.90. The van der Waals surface area contributed by atoms with Gasteiger partial charge in [0.15, 0.2) is 15.8 Å². The molecule has 0 atom stereocenters. The number of nitrogens with zero attached hydrogens (tertiary/aromatic N) is 1. The van der Waals surface area contributed by atoms with E-state index in [1.165, 1.54) is 24.4 Å². The normalized spacial score (nSPS) is 16.0. The number of methoxy groups -OCH3 is 1. The van der Waals surface area contributed by atoms with Crippen molar-refractivity contribution in [1.29, 1.82) is 0 Å². The number of carbonyl (C=O) groups excluding carboxylic acids is 1. The van der Waals surface area contributed by atoms with E-state index in [0.717, 1.165) is 11.3 Å². The van der Waals surface area contributed by atoms with Gasteiger partial charge in [-0.05, 0) is 60.9 Å². The van der Waals surface area contributed by atoms with Gasteiger partial charge in [-0.3, -0.25) is 9.69 Å². The molecule has 6 heteroatoms. The van der Waals surface area contributed by atoms with Crippen LogP contribution in [-0.4, -0.2) is 22.4 Å². The van der Waals surface area contributed by atoms with Crippen molar-refractivity contribution in [2.24, 2.45) is 0 Å². The standard InChI is InChI=1S/C19H17NO3S2/c1-11-4-6-14(8-12(11)2)20-18(22)17(25-19(20)24)10-13-5-7-16(23-3)15(21)9-13/h4-10,21H,1-3H3. The minimum atomic E-state index is -0.159. The molecule has 0 spiro atoms. The Hall–Kier alpha value is -2.31. The number of phenolic OH excluding ortho intramolecular Hbond substituents is 1. The van der Waals surface area contributed by atoms with Gasteiger partial charge < -0.3 is 9.84 Å². The van der Waals surface area contributed by atoms with Crippen molar-refractivity contribution in [2.75, 3.05) is 12.0 Å². The third-order valence-electron chi connectivity index (χ3n) is 4.04. The van der Waals surface area contributed by atoms with Gasteiger partial charge in [0, 0.05) is 0 Å². The molecule has 0 aromatic heterocycles. The Labute approximate surface area is 156 Å². The van der Waals surface area contributed by atoms with E-state index in [9.17, 15) is 9.90 Å². The summed E-state index contributed by atoms with van der Waals surface area (Å²) in [4.78, 5) is 14.9. The maximum atomic E-state index is 12.8. The highest BCUT2D eigenvalue weighted by Crippen LogP contribution is 2.37. The summed E-state index contributed by atoms with van der Waals surface area (Å²) in [5.41, 5.74) is 3.75. The monoisotopic (exact) mass is 371 g/mol. The smallest absolute Gasteiger partial charge is 0.270 e. The SMILES string of the molecule is COc1ccc(C=C2SC(=S)N(c3ccc(C)c(C)c3)C2=O)cc1O. The predicted octanol–water partition coefficient (Wildman–Crippen LogP) is 4.42. The van der Waals surface area contributed by atoms with Crippen LogP contribution in [-0.2, 0) is 4.79 Å². The number of aryl methyl sites for hydroxylation is 2. The second-order valence-electron chi connectivity index (χ2n) is 5.72. The van der Waals surface area contributed by atoms with E-state index < -0.39 is 0 Å². The first-order valence-electron chi connectivity index (χ1n) is 7.63. The summed E-state index contributed by atoms with van der Waals surface area (Å²) in [6.07, 6.45) is 1.72. The topological polar surface area (TPSA) is 49.8 Å². The highest BCUT2D eigenvalue weighted by Gasteiger charge is 2.33. The summed E-state index contributed by atoms with van der Waals surface area (Å²) >= 11 is 6.65. The predicted molar refractivity (Wildman–Crippen MR) is 106 cm³/mol. The van der Waals surface area contributed by atoms with Crippen molar-refractivity contribution < 1.29 is 14.6 Å². The van der Waals surface area contributed by atoms with Crippen LogP contribution in [0.1, 0.15) is 16.7 Å². The molecule has 3 rings (SSSR count). The Morgan fingerprint density at radius 2 is 1.92 bits per heavy atom. The van der Waals surface area contributed by atoms with Gasteiger partial charge in [0.2, 0.25) is 0 Å². The number of thioether (sulfide) groups is 1. The number of ether oxygens (including phenoxy) is 1. The summed E-state index contributed by atoms with van der Waals surface area (Å²) in [6, 6.07) is 10.8. The molecule has 1 aliphatic heterocycles. The minimum absolute atomic E-state index is 0.0286. The average Bonchev–Trinajstić information content (AvgIpc) is 2.84. The first-order chi connectivity index (χ1) is 11.9. The lowest BCUT2D eigenvalue weighted by atomic mass is 10.1. The van der Waals surface area contributed by atoms with Crippen LogP contribution in [0.3, 0.4) is 0 Å². The summed E-state index contributed by atoms with van der Waals surface area (Å²) in [6.45, 7) is 4.03. The third-order valence-corrected chi connectivity index (χ3v) is 5.35. The van der Waals surface area contributed by atoms with E-state index in [-0.39, 0.29) is 11.7 Å². The number of carbonyl (C=O) groups is 1. The zero-order valence-electron chi connectivity index (χ0n) is 14.1. The molecule has 1 fully saturated rings. The number of amides is 1. The Morgan fingerprint density at radius 3 is 2.56 bits per heavy atom. The largest absolute Gasteiger partial charge is 0.504 e. The number of hydrogen-bond acceptors (Lipinski definition) is 5. The van der Waals surface area contributed by atoms with Crippen LogP contribution in [0.2, 0.25) is 0 Å². The van der Waals surface area contributed by atoms with Crippen molar-refractivity contribution in [3.05, 3.63) is 58.0 Å². The van der Waals surface area contributed by atoms with Crippen LogP contribution in [0.15, 0.2) is 41.3 Å². The van der Waals surface area contributed by atoms with Crippen molar-refractivity contribution in [3.63, 3.8) is 0 Å². The lowest BCUT2D eigenvalue weighted by Gasteiger charge is -2.15. The van der Waals surface area contributed by atoms with Crippen LogP contribution in [0.25, 0.3) is 6.08 Å². The van der Waals surface area contributed by atoms with Crippen LogP contribution < -0.4 is 9.64 Å². The molecule has 2 aromatic carbocycles. The van der Waals surface area contributed by atoms with Gasteiger partial charge in [-0.1, -0.05) is 36.1 Å². The molecule has 0 radical (unpaired) electrons. The van der Waals surface area contributed by atoms with Crippen LogP contribution in [0.5, 0.6) is 11.5 Å². The van der Waals surface area contributed by atoms with E-state index in [4.69, 9.17) is 17.0 Å². The number of hydrogen-bond donors (Lipinski definition) is 1. The molecule has 128 valence electrons. The highest BCUT2D eigenvalue weighted by molar-refractivity contribution is 8.27. The maximum absolute atomic E-state index is 12.8. The molecule has 0 unspecified atom stereocenters. The van der Waals surface area contributed by atoms with Crippen molar-refractivity contribution in [1.82, 2.24) is 0 Å². The zero-order chi connectivity index (χ0) is 18.1. The fourth-order valence-electron chi connectivity index (χ4n) is 2.50. The molecule has 1 amide bonds. The van der Waals surface area contributed by atoms with E-state index in [1.807, 2.05) is 32.0 Å². The van der Waals surface area contributed by atoms with Crippen LogP contribution in [0.4, 0.5) is 5.69 Å². The molecule has 0 bridgehead atoms.